The predicted molar refractivity (Wildman–Crippen MR) is 65.7 cm³/mol. The maximum absolute atomic E-state index is 13.6. The average Bonchev–Trinajstić information content (AvgIpc) is 2.36. The zero-order valence-electron chi connectivity index (χ0n) is 9.30. The minimum absolute atomic E-state index is 0.0133. The molecule has 1 heterocycles. The van der Waals surface area contributed by atoms with E-state index in [9.17, 15) is 9.18 Å². The molecule has 1 amide bonds. The molecule has 3 nitrogen and oxygen atoms in total. The highest BCUT2D eigenvalue weighted by atomic mass is 35.5. The summed E-state index contributed by atoms with van der Waals surface area (Å²) in [6.45, 7) is 0.829. The van der Waals surface area contributed by atoms with Crippen molar-refractivity contribution >= 4 is 23.2 Å². The van der Waals surface area contributed by atoms with Crippen molar-refractivity contribution in [1.82, 2.24) is 5.32 Å². The minimum Gasteiger partial charge on any atom is -0.322 e. The van der Waals surface area contributed by atoms with E-state index in [1.54, 1.807) is 6.07 Å². The lowest BCUT2D eigenvalue weighted by molar-refractivity contribution is -0.118. The first kappa shape index (κ1) is 12.3. The Bertz CT molecular complexity index is 419. The molecule has 0 aliphatic carbocycles. The van der Waals surface area contributed by atoms with E-state index < -0.39 is 5.82 Å². The second-order valence-corrected chi connectivity index (χ2v) is 4.50. The minimum atomic E-state index is -0.585. The van der Waals surface area contributed by atoms with Crippen molar-refractivity contribution in [3.05, 3.63) is 29.0 Å². The van der Waals surface area contributed by atoms with E-state index >= 15 is 0 Å². The standard InChI is InChI=1S/C12H14ClFN2O/c13-8-4-3-6-9(11(8)14)16-12(17)10-5-1-2-7-15-10/h3-4,6,10,15H,1-2,5,7H2,(H,16,17)/t10-/m1/s1. The molecule has 0 saturated carbocycles. The monoisotopic (exact) mass is 256 g/mol. The first-order valence-corrected chi connectivity index (χ1v) is 6.04. The van der Waals surface area contributed by atoms with Crippen LogP contribution in [0.5, 0.6) is 0 Å². The van der Waals surface area contributed by atoms with E-state index in [0.717, 1.165) is 25.8 Å². The van der Waals surface area contributed by atoms with Crippen LogP contribution in [0.1, 0.15) is 19.3 Å². The third-order valence-electron chi connectivity index (χ3n) is 2.84. The van der Waals surface area contributed by atoms with Gasteiger partial charge in [0.15, 0.2) is 5.82 Å². The first-order valence-electron chi connectivity index (χ1n) is 5.67. The van der Waals surface area contributed by atoms with E-state index in [2.05, 4.69) is 10.6 Å². The molecular formula is C12H14ClFN2O. The van der Waals surface area contributed by atoms with Crippen molar-refractivity contribution < 1.29 is 9.18 Å². The quantitative estimate of drug-likeness (QED) is 0.854. The zero-order chi connectivity index (χ0) is 12.3. The molecule has 0 bridgehead atoms. The predicted octanol–water partition coefficient (Wildman–Crippen LogP) is 2.56. The number of nitrogens with one attached hydrogen (secondary N) is 2. The Kier molecular flexibility index (Phi) is 3.97. The van der Waals surface area contributed by atoms with E-state index in [0.29, 0.717) is 0 Å². The van der Waals surface area contributed by atoms with Gasteiger partial charge in [0, 0.05) is 0 Å². The van der Waals surface area contributed by atoms with E-state index in [1.807, 2.05) is 0 Å². The Morgan fingerprint density at radius 1 is 1.47 bits per heavy atom. The number of halogens is 2. The molecular weight excluding hydrogens is 243 g/mol. The van der Waals surface area contributed by atoms with Crippen LogP contribution >= 0.6 is 11.6 Å². The lowest BCUT2D eigenvalue weighted by atomic mass is 10.0. The van der Waals surface area contributed by atoms with Crippen LogP contribution in [-0.2, 0) is 4.79 Å². The number of amides is 1. The summed E-state index contributed by atoms with van der Waals surface area (Å²) < 4.78 is 13.6. The number of piperidine rings is 1. The number of carbonyl (C=O) groups is 1. The lowest BCUT2D eigenvalue weighted by Crippen LogP contribution is -2.43. The fraction of sp³-hybridized carbons (Fsp3) is 0.417. The Morgan fingerprint density at radius 3 is 3.00 bits per heavy atom. The highest BCUT2D eigenvalue weighted by Crippen LogP contribution is 2.22. The molecule has 2 rings (SSSR count). The van der Waals surface area contributed by atoms with Gasteiger partial charge in [-0.2, -0.15) is 0 Å². The summed E-state index contributed by atoms with van der Waals surface area (Å²) in [5.74, 6) is -0.788. The molecule has 0 spiro atoms. The van der Waals surface area contributed by atoms with Crippen LogP contribution < -0.4 is 10.6 Å². The van der Waals surface area contributed by atoms with Crippen LogP contribution in [0.3, 0.4) is 0 Å². The Balaban J connectivity index is 2.04. The molecule has 1 aromatic rings. The van der Waals surface area contributed by atoms with Gasteiger partial charge in [-0.25, -0.2) is 4.39 Å². The Labute approximate surface area is 104 Å². The summed E-state index contributed by atoms with van der Waals surface area (Å²) in [6.07, 6.45) is 2.88. The van der Waals surface area contributed by atoms with Crippen LogP contribution in [0, 0.1) is 5.82 Å². The molecule has 5 heteroatoms. The van der Waals surface area contributed by atoms with Gasteiger partial charge < -0.3 is 10.6 Å². The summed E-state index contributed by atoms with van der Waals surface area (Å²) >= 11 is 5.64. The summed E-state index contributed by atoms with van der Waals surface area (Å²) in [7, 11) is 0. The van der Waals surface area contributed by atoms with Crippen LogP contribution in [-0.4, -0.2) is 18.5 Å². The molecule has 2 N–H and O–H groups in total. The average molecular weight is 257 g/mol. The molecule has 1 fully saturated rings. The Hall–Kier alpha value is -1.13. The smallest absolute Gasteiger partial charge is 0.241 e. The van der Waals surface area contributed by atoms with E-state index in [4.69, 9.17) is 11.6 Å². The van der Waals surface area contributed by atoms with Crippen LogP contribution in [0.15, 0.2) is 18.2 Å². The van der Waals surface area contributed by atoms with Crippen molar-refractivity contribution in [2.24, 2.45) is 0 Å². The second kappa shape index (κ2) is 5.47. The van der Waals surface area contributed by atoms with Gasteiger partial charge in [-0.05, 0) is 31.5 Å². The molecule has 0 aromatic heterocycles. The third kappa shape index (κ3) is 2.96. The number of hydrogen-bond donors (Lipinski definition) is 2. The van der Waals surface area contributed by atoms with Crippen molar-refractivity contribution in [1.29, 1.82) is 0 Å². The van der Waals surface area contributed by atoms with Crippen LogP contribution in [0.25, 0.3) is 0 Å². The fourth-order valence-corrected chi connectivity index (χ4v) is 2.07. The van der Waals surface area contributed by atoms with Crippen LogP contribution in [0.4, 0.5) is 10.1 Å². The highest BCUT2D eigenvalue weighted by Gasteiger charge is 2.21. The second-order valence-electron chi connectivity index (χ2n) is 4.09. The van der Waals surface area contributed by atoms with Crippen molar-refractivity contribution in [2.75, 3.05) is 11.9 Å². The molecule has 1 aromatic carbocycles. The number of carbonyl (C=O) groups excluding carboxylic acids is 1. The van der Waals surface area contributed by atoms with Crippen LogP contribution in [0.2, 0.25) is 5.02 Å². The first-order chi connectivity index (χ1) is 8.18. The van der Waals surface area contributed by atoms with Gasteiger partial charge >= 0.3 is 0 Å². The molecule has 0 unspecified atom stereocenters. The van der Waals surface area contributed by atoms with Gasteiger partial charge in [-0.3, -0.25) is 4.79 Å². The van der Waals surface area contributed by atoms with Gasteiger partial charge in [0.1, 0.15) is 0 Å². The number of hydrogen-bond acceptors (Lipinski definition) is 2. The van der Waals surface area contributed by atoms with Gasteiger partial charge in [0.2, 0.25) is 5.91 Å². The molecule has 1 aliphatic rings. The van der Waals surface area contributed by atoms with Gasteiger partial charge in [0.25, 0.3) is 0 Å². The van der Waals surface area contributed by atoms with Crippen molar-refractivity contribution in [3.8, 4) is 0 Å². The van der Waals surface area contributed by atoms with E-state index in [-0.39, 0.29) is 22.7 Å². The largest absolute Gasteiger partial charge is 0.322 e. The molecule has 1 saturated heterocycles. The molecule has 1 atom stereocenters. The fourth-order valence-electron chi connectivity index (χ4n) is 1.90. The number of rotatable bonds is 2. The SMILES string of the molecule is O=C(Nc1cccc(Cl)c1F)[C@H]1CCCCN1. The molecule has 0 radical (unpaired) electrons. The highest BCUT2D eigenvalue weighted by molar-refractivity contribution is 6.31. The zero-order valence-corrected chi connectivity index (χ0v) is 10.1. The topological polar surface area (TPSA) is 41.1 Å². The van der Waals surface area contributed by atoms with Crippen molar-refractivity contribution in [3.63, 3.8) is 0 Å². The van der Waals surface area contributed by atoms with Gasteiger partial charge in [-0.15, -0.1) is 0 Å². The third-order valence-corrected chi connectivity index (χ3v) is 3.13. The summed E-state index contributed by atoms with van der Waals surface area (Å²) in [5, 5.41) is 5.68. The van der Waals surface area contributed by atoms with Gasteiger partial charge in [-0.1, -0.05) is 24.1 Å². The lowest BCUT2D eigenvalue weighted by Gasteiger charge is -2.22. The molecule has 1 aliphatic heterocycles. The summed E-state index contributed by atoms with van der Waals surface area (Å²) in [5.41, 5.74) is 0.134. The maximum atomic E-state index is 13.6. The van der Waals surface area contributed by atoms with E-state index in [1.165, 1.54) is 12.1 Å². The number of anilines is 1. The molecule has 92 valence electrons. The number of benzene rings is 1. The Morgan fingerprint density at radius 2 is 2.29 bits per heavy atom. The summed E-state index contributed by atoms with van der Waals surface area (Å²) in [4.78, 5) is 11.8. The maximum Gasteiger partial charge on any atom is 0.241 e. The molecule has 17 heavy (non-hydrogen) atoms. The summed E-state index contributed by atoms with van der Waals surface area (Å²) in [6, 6.07) is 4.32. The normalized spacial score (nSPS) is 20.0. The van der Waals surface area contributed by atoms with Crippen molar-refractivity contribution in [2.45, 2.75) is 25.3 Å². The van der Waals surface area contributed by atoms with Gasteiger partial charge in [0.05, 0.1) is 16.8 Å².